The summed E-state index contributed by atoms with van der Waals surface area (Å²) < 4.78 is 29.8. The first-order chi connectivity index (χ1) is 20.4. The molecule has 1 N–H and O–H groups in total. The topological polar surface area (TPSA) is 75.2 Å². The highest BCUT2D eigenvalue weighted by atomic mass is 16.6. The molecule has 3 aromatic rings. The lowest BCUT2D eigenvalue weighted by molar-refractivity contribution is -0.141. The average molecular weight is 574 g/mol. The number of esters is 1. The van der Waals surface area contributed by atoms with E-state index in [-0.39, 0.29) is 0 Å². The summed E-state index contributed by atoms with van der Waals surface area (Å²) >= 11 is 0. The second kappa shape index (κ2) is 13.5. The molecule has 1 aliphatic heterocycles. The molecule has 5 rings (SSSR count). The monoisotopic (exact) mass is 573 g/mol. The molecule has 1 heterocycles. The minimum atomic E-state index is -0.803. The van der Waals surface area contributed by atoms with Gasteiger partial charge in [0.2, 0.25) is 0 Å². The van der Waals surface area contributed by atoms with Gasteiger partial charge in [0.1, 0.15) is 29.0 Å². The molecule has 0 radical (unpaired) electrons. The van der Waals surface area contributed by atoms with Gasteiger partial charge in [0.15, 0.2) is 6.10 Å². The smallest absolute Gasteiger partial charge is 0.338 e. The summed E-state index contributed by atoms with van der Waals surface area (Å²) in [5.74, 6) is 2.52. The van der Waals surface area contributed by atoms with E-state index in [1.54, 1.807) is 38.5 Å². The van der Waals surface area contributed by atoms with Crippen LogP contribution in [-0.2, 0) is 16.0 Å². The van der Waals surface area contributed by atoms with Gasteiger partial charge in [-0.3, -0.25) is 0 Å². The van der Waals surface area contributed by atoms with Gasteiger partial charge < -0.3 is 29.0 Å². The fourth-order valence-electron chi connectivity index (χ4n) is 5.92. The van der Waals surface area contributed by atoms with Crippen LogP contribution in [0.4, 0.5) is 5.69 Å². The van der Waals surface area contributed by atoms with E-state index in [4.69, 9.17) is 23.7 Å². The SMILES string of the molecule is COc1ccc(CNc2ccc3c(c2)C(OCCC2CCCCC2)C(OC(=O)c2ccc(OC)cc2)C(C)(C)O3)cc1. The van der Waals surface area contributed by atoms with Crippen LogP contribution in [0.15, 0.2) is 66.7 Å². The Bertz CT molecular complexity index is 1310. The van der Waals surface area contributed by atoms with Gasteiger partial charge in [-0.1, -0.05) is 44.2 Å². The number of rotatable bonds is 11. The third kappa shape index (κ3) is 7.19. The molecule has 7 heteroatoms. The van der Waals surface area contributed by atoms with Gasteiger partial charge >= 0.3 is 5.97 Å². The molecule has 0 amide bonds. The molecule has 3 aromatic carbocycles. The minimum absolute atomic E-state index is 0.419. The van der Waals surface area contributed by atoms with Crippen molar-refractivity contribution in [1.29, 1.82) is 0 Å². The zero-order valence-electron chi connectivity index (χ0n) is 25.2. The molecule has 1 saturated carbocycles. The van der Waals surface area contributed by atoms with E-state index in [0.717, 1.165) is 34.7 Å². The van der Waals surface area contributed by atoms with Crippen molar-refractivity contribution in [3.63, 3.8) is 0 Å². The molecule has 0 spiro atoms. The second-order valence-electron chi connectivity index (χ2n) is 11.8. The largest absolute Gasteiger partial charge is 0.497 e. The maximum atomic E-state index is 13.4. The molecule has 1 fully saturated rings. The highest BCUT2D eigenvalue weighted by Gasteiger charge is 2.47. The van der Waals surface area contributed by atoms with E-state index in [1.165, 1.54) is 32.1 Å². The zero-order chi connectivity index (χ0) is 29.5. The summed E-state index contributed by atoms with van der Waals surface area (Å²) in [5.41, 5.74) is 2.60. The number of methoxy groups -OCH3 is 2. The van der Waals surface area contributed by atoms with Gasteiger partial charge in [-0.2, -0.15) is 0 Å². The summed E-state index contributed by atoms with van der Waals surface area (Å²) in [7, 11) is 3.26. The van der Waals surface area contributed by atoms with Crippen LogP contribution >= 0.6 is 0 Å². The van der Waals surface area contributed by atoms with Crippen molar-refractivity contribution < 1.29 is 28.5 Å². The fraction of sp³-hybridized carbons (Fsp3) is 0.457. The molecule has 0 saturated heterocycles. The Morgan fingerprint density at radius 1 is 0.905 bits per heavy atom. The first kappa shape index (κ1) is 29.8. The molecule has 42 heavy (non-hydrogen) atoms. The molecule has 2 aliphatic rings. The highest BCUT2D eigenvalue weighted by Crippen LogP contribution is 2.45. The average Bonchev–Trinajstić information content (AvgIpc) is 3.02. The van der Waals surface area contributed by atoms with Gasteiger partial charge in [0.25, 0.3) is 0 Å². The van der Waals surface area contributed by atoms with E-state index < -0.39 is 23.8 Å². The van der Waals surface area contributed by atoms with Crippen molar-refractivity contribution in [2.45, 2.75) is 76.7 Å². The number of ether oxygens (including phenoxy) is 5. The van der Waals surface area contributed by atoms with Gasteiger partial charge in [-0.25, -0.2) is 4.79 Å². The lowest BCUT2D eigenvalue weighted by atomic mass is 9.86. The van der Waals surface area contributed by atoms with E-state index in [9.17, 15) is 4.79 Å². The number of hydrogen-bond acceptors (Lipinski definition) is 7. The number of nitrogens with one attached hydrogen (secondary N) is 1. The van der Waals surface area contributed by atoms with Crippen LogP contribution in [0, 0.1) is 5.92 Å². The minimum Gasteiger partial charge on any atom is -0.497 e. The van der Waals surface area contributed by atoms with Crippen LogP contribution in [-0.4, -0.2) is 38.5 Å². The third-order valence-corrected chi connectivity index (χ3v) is 8.41. The maximum Gasteiger partial charge on any atom is 0.338 e. The number of hydrogen-bond donors (Lipinski definition) is 1. The second-order valence-corrected chi connectivity index (χ2v) is 11.8. The Balaban J connectivity index is 1.38. The predicted octanol–water partition coefficient (Wildman–Crippen LogP) is 7.74. The molecule has 2 atom stereocenters. The van der Waals surface area contributed by atoms with Gasteiger partial charge in [-0.15, -0.1) is 0 Å². The molecule has 0 aromatic heterocycles. The Kier molecular flexibility index (Phi) is 9.58. The summed E-state index contributed by atoms with van der Waals surface area (Å²) in [4.78, 5) is 13.4. The van der Waals surface area contributed by atoms with Crippen molar-refractivity contribution >= 4 is 11.7 Å². The number of carbonyl (C=O) groups excluding carboxylic acids is 1. The molecule has 224 valence electrons. The first-order valence-electron chi connectivity index (χ1n) is 15.0. The van der Waals surface area contributed by atoms with Crippen molar-refractivity contribution in [3.05, 3.63) is 83.4 Å². The summed E-state index contributed by atoms with van der Waals surface area (Å²) in [5, 5.41) is 3.52. The standard InChI is InChI=1S/C35H43NO6/c1-35(2)33(41-34(37)26-12-17-29(39-4)18-13-26)32(40-21-20-24-8-6-5-7-9-24)30-22-27(14-19-31(30)42-35)36-23-25-10-15-28(38-3)16-11-25/h10-19,22,24,32-33,36H,5-9,20-21,23H2,1-4H3. The number of benzene rings is 3. The van der Waals surface area contributed by atoms with Crippen LogP contribution in [0.1, 0.15) is 80.0 Å². The fourth-order valence-corrected chi connectivity index (χ4v) is 5.92. The Morgan fingerprint density at radius 2 is 1.57 bits per heavy atom. The van der Waals surface area contributed by atoms with E-state index in [1.807, 2.05) is 50.2 Å². The van der Waals surface area contributed by atoms with Crippen LogP contribution < -0.4 is 19.5 Å². The quantitative estimate of drug-likeness (QED) is 0.235. The van der Waals surface area contributed by atoms with Crippen molar-refractivity contribution in [1.82, 2.24) is 0 Å². The molecule has 0 bridgehead atoms. The van der Waals surface area contributed by atoms with Gasteiger partial charge in [-0.05, 0) is 86.3 Å². The van der Waals surface area contributed by atoms with Crippen molar-refractivity contribution in [2.75, 3.05) is 26.1 Å². The van der Waals surface area contributed by atoms with Gasteiger partial charge in [0.05, 0.1) is 19.8 Å². The zero-order valence-corrected chi connectivity index (χ0v) is 25.2. The van der Waals surface area contributed by atoms with Crippen LogP contribution in [0.2, 0.25) is 0 Å². The highest BCUT2D eigenvalue weighted by molar-refractivity contribution is 5.89. The third-order valence-electron chi connectivity index (χ3n) is 8.41. The van der Waals surface area contributed by atoms with E-state index in [2.05, 4.69) is 11.4 Å². The first-order valence-corrected chi connectivity index (χ1v) is 15.0. The summed E-state index contributed by atoms with van der Waals surface area (Å²) in [6.07, 6.45) is 6.31. The normalized spacial score (nSPS) is 19.7. The predicted molar refractivity (Wildman–Crippen MR) is 164 cm³/mol. The molecular weight excluding hydrogens is 530 g/mol. The molecule has 7 nitrogen and oxygen atoms in total. The van der Waals surface area contributed by atoms with Gasteiger partial charge in [0, 0.05) is 24.4 Å². The lowest BCUT2D eigenvalue weighted by Gasteiger charge is -2.44. The summed E-state index contributed by atoms with van der Waals surface area (Å²) in [6, 6.07) is 21.0. The Hall–Kier alpha value is -3.71. The van der Waals surface area contributed by atoms with Crippen LogP contribution in [0.25, 0.3) is 0 Å². The Labute approximate surface area is 249 Å². The van der Waals surface area contributed by atoms with Crippen molar-refractivity contribution in [3.8, 4) is 17.2 Å². The molecule has 2 unspecified atom stereocenters. The lowest BCUT2D eigenvalue weighted by Crippen LogP contribution is -2.51. The van der Waals surface area contributed by atoms with Crippen LogP contribution in [0.3, 0.4) is 0 Å². The van der Waals surface area contributed by atoms with Crippen molar-refractivity contribution in [2.24, 2.45) is 5.92 Å². The van der Waals surface area contributed by atoms with Crippen LogP contribution in [0.5, 0.6) is 17.2 Å². The molecular formula is C35H43NO6. The Morgan fingerprint density at radius 3 is 2.24 bits per heavy atom. The number of carbonyl (C=O) groups is 1. The van der Waals surface area contributed by atoms with E-state index in [0.29, 0.717) is 30.4 Å². The van der Waals surface area contributed by atoms with E-state index >= 15 is 0 Å². The maximum absolute atomic E-state index is 13.4. The summed E-state index contributed by atoms with van der Waals surface area (Å²) in [6.45, 7) is 5.16. The number of fused-ring (bicyclic) bond motifs is 1. The molecule has 1 aliphatic carbocycles. The number of anilines is 1.